The van der Waals surface area contributed by atoms with Gasteiger partial charge in [-0.15, -0.1) is 0 Å². The predicted octanol–water partition coefficient (Wildman–Crippen LogP) is 3.00. The lowest BCUT2D eigenvalue weighted by Gasteiger charge is -2.32. The van der Waals surface area contributed by atoms with E-state index in [0.717, 1.165) is 31.0 Å². The van der Waals surface area contributed by atoms with Crippen LogP contribution in [0.15, 0.2) is 48.7 Å². The number of carbonyl (C=O) groups excluding carboxylic acids is 2. The zero-order chi connectivity index (χ0) is 19.3. The lowest BCUT2D eigenvalue weighted by atomic mass is 10.0. The molecule has 0 spiro atoms. The second-order valence-corrected chi connectivity index (χ2v) is 7.22. The Kier molecular flexibility index (Phi) is 5.41. The third-order valence-corrected chi connectivity index (χ3v) is 5.25. The Balaban J connectivity index is 1.34. The molecular formula is C21H25N5O2. The van der Waals surface area contributed by atoms with Crippen molar-refractivity contribution in [2.24, 2.45) is 0 Å². The van der Waals surface area contributed by atoms with E-state index in [1.54, 1.807) is 11.1 Å². The minimum absolute atomic E-state index is 0.0740. The van der Waals surface area contributed by atoms with Gasteiger partial charge in [-0.25, -0.2) is 9.78 Å². The molecule has 2 fully saturated rings. The van der Waals surface area contributed by atoms with Crippen LogP contribution in [0.3, 0.4) is 0 Å². The zero-order valence-electron chi connectivity index (χ0n) is 15.8. The molecule has 3 heterocycles. The summed E-state index contributed by atoms with van der Waals surface area (Å²) in [5, 5.41) is 5.59. The Morgan fingerprint density at radius 3 is 2.50 bits per heavy atom. The number of anilines is 3. The van der Waals surface area contributed by atoms with Crippen molar-refractivity contribution in [3.8, 4) is 0 Å². The van der Waals surface area contributed by atoms with Gasteiger partial charge in [0.15, 0.2) is 0 Å². The number of amides is 3. The van der Waals surface area contributed by atoms with E-state index in [0.29, 0.717) is 18.7 Å². The van der Waals surface area contributed by atoms with E-state index in [2.05, 4.69) is 20.5 Å². The van der Waals surface area contributed by atoms with Crippen LogP contribution in [0.1, 0.15) is 25.7 Å². The number of nitrogens with one attached hydrogen (secondary N) is 2. The number of carbonyl (C=O) groups is 2. The first kappa shape index (κ1) is 18.3. The Morgan fingerprint density at radius 2 is 1.79 bits per heavy atom. The predicted molar refractivity (Wildman–Crippen MR) is 110 cm³/mol. The highest BCUT2D eigenvalue weighted by molar-refractivity contribution is 6.01. The van der Waals surface area contributed by atoms with Crippen LogP contribution in [-0.4, -0.2) is 42.6 Å². The molecule has 0 radical (unpaired) electrons. The maximum absolute atomic E-state index is 12.8. The van der Waals surface area contributed by atoms with Crippen LogP contribution in [0.25, 0.3) is 0 Å². The Labute approximate surface area is 164 Å². The molecule has 2 aliphatic heterocycles. The number of urea groups is 1. The number of hydrogen-bond acceptors (Lipinski definition) is 4. The summed E-state index contributed by atoms with van der Waals surface area (Å²) in [6.07, 6.45) is 5.53. The number of para-hydroxylation sites is 1. The van der Waals surface area contributed by atoms with Crippen molar-refractivity contribution in [1.82, 2.24) is 10.3 Å². The average Bonchev–Trinajstić information content (AvgIpc) is 3.26. The van der Waals surface area contributed by atoms with Crippen LogP contribution in [-0.2, 0) is 4.79 Å². The molecule has 2 saturated heterocycles. The molecule has 2 aromatic rings. The third-order valence-electron chi connectivity index (χ3n) is 5.25. The highest BCUT2D eigenvalue weighted by atomic mass is 16.2. The van der Waals surface area contributed by atoms with Crippen LogP contribution >= 0.6 is 0 Å². The van der Waals surface area contributed by atoms with Crippen molar-refractivity contribution in [2.45, 2.75) is 31.7 Å². The lowest BCUT2D eigenvalue weighted by Crippen LogP contribution is -2.53. The van der Waals surface area contributed by atoms with Crippen molar-refractivity contribution in [3.05, 3.63) is 48.7 Å². The van der Waals surface area contributed by atoms with Gasteiger partial charge in [0.05, 0.1) is 11.9 Å². The minimum Gasteiger partial charge on any atom is -0.357 e. The summed E-state index contributed by atoms with van der Waals surface area (Å²) in [6, 6.07) is 12.4. The molecule has 1 atom stereocenters. The molecule has 0 bridgehead atoms. The van der Waals surface area contributed by atoms with Gasteiger partial charge in [0.1, 0.15) is 11.9 Å². The van der Waals surface area contributed by atoms with Crippen LogP contribution in [0.2, 0.25) is 0 Å². The maximum atomic E-state index is 12.8. The van der Waals surface area contributed by atoms with Crippen LogP contribution in [0.4, 0.5) is 22.0 Å². The monoisotopic (exact) mass is 379 g/mol. The van der Waals surface area contributed by atoms with E-state index in [9.17, 15) is 9.59 Å². The lowest BCUT2D eigenvalue weighted by molar-refractivity contribution is -0.121. The normalized spacial score (nSPS) is 19.6. The molecule has 146 valence electrons. The largest absolute Gasteiger partial charge is 0.357 e. The van der Waals surface area contributed by atoms with Crippen molar-refractivity contribution in [1.29, 1.82) is 0 Å². The first-order valence-electron chi connectivity index (χ1n) is 9.86. The molecule has 3 amide bonds. The van der Waals surface area contributed by atoms with Gasteiger partial charge in [-0.05, 0) is 49.9 Å². The van der Waals surface area contributed by atoms with E-state index in [1.807, 2.05) is 42.5 Å². The number of piperidine rings is 1. The first-order chi connectivity index (χ1) is 13.7. The molecule has 2 N–H and O–H groups in total. The maximum Gasteiger partial charge on any atom is 0.319 e. The Morgan fingerprint density at radius 1 is 1.00 bits per heavy atom. The molecule has 1 aromatic heterocycles. The summed E-state index contributed by atoms with van der Waals surface area (Å²) >= 11 is 0. The quantitative estimate of drug-likeness (QED) is 0.856. The first-order valence-corrected chi connectivity index (χ1v) is 9.86. The smallest absolute Gasteiger partial charge is 0.319 e. The van der Waals surface area contributed by atoms with Crippen LogP contribution in [0.5, 0.6) is 0 Å². The van der Waals surface area contributed by atoms with Gasteiger partial charge in [-0.3, -0.25) is 4.79 Å². The summed E-state index contributed by atoms with van der Waals surface area (Å²) in [5.41, 5.74) is 1.48. The molecular weight excluding hydrogens is 354 g/mol. The van der Waals surface area contributed by atoms with Crippen molar-refractivity contribution >= 4 is 29.1 Å². The van der Waals surface area contributed by atoms with E-state index in [1.165, 1.54) is 12.8 Å². The Hall–Kier alpha value is -3.09. The molecule has 1 aromatic carbocycles. The second-order valence-electron chi connectivity index (χ2n) is 7.22. The van der Waals surface area contributed by atoms with Gasteiger partial charge in [0, 0.05) is 25.3 Å². The van der Waals surface area contributed by atoms with Gasteiger partial charge in [0.2, 0.25) is 5.91 Å². The summed E-state index contributed by atoms with van der Waals surface area (Å²) < 4.78 is 0. The molecule has 7 heteroatoms. The fraction of sp³-hybridized carbons (Fsp3) is 0.381. The fourth-order valence-corrected chi connectivity index (χ4v) is 3.79. The van der Waals surface area contributed by atoms with Crippen molar-refractivity contribution in [2.75, 3.05) is 34.8 Å². The molecule has 2 aliphatic rings. The molecule has 1 unspecified atom stereocenters. The minimum atomic E-state index is -0.522. The van der Waals surface area contributed by atoms with Gasteiger partial charge in [0.25, 0.3) is 0 Å². The van der Waals surface area contributed by atoms with Crippen molar-refractivity contribution < 1.29 is 9.59 Å². The molecule has 4 rings (SSSR count). The number of benzene rings is 1. The average molecular weight is 379 g/mol. The van der Waals surface area contributed by atoms with Gasteiger partial charge >= 0.3 is 6.03 Å². The summed E-state index contributed by atoms with van der Waals surface area (Å²) in [4.78, 5) is 33.6. The molecule has 0 saturated carbocycles. The highest BCUT2D eigenvalue weighted by Gasteiger charge is 2.30. The topological polar surface area (TPSA) is 77.6 Å². The number of rotatable bonds is 4. The van der Waals surface area contributed by atoms with E-state index < -0.39 is 6.04 Å². The number of pyridine rings is 1. The van der Waals surface area contributed by atoms with Gasteiger partial charge in [-0.2, -0.15) is 0 Å². The number of nitrogens with zero attached hydrogens (tertiary/aromatic N) is 3. The molecule has 7 nitrogen and oxygen atoms in total. The van der Waals surface area contributed by atoms with Crippen LogP contribution < -0.4 is 20.4 Å². The number of aromatic nitrogens is 1. The van der Waals surface area contributed by atoms with Crippen LogP contribution in [0, 0.1) is 0 Å². The third kappa shape index (κ3) is 4.08. The summed E-state index contributed by atoms with van der Waals surface area (Å²) in [5.74, 6) is 0.861. The van der Waals surface area contributed by atoms with Gasteiger partial charge < -0.3 is 20.4 Å². The van der Waals surface area contributed by atoms with Crippen molar-refractivity contribution in [3.63, 3.8) is 0 Å². The summed E-state index contributed by atoms with van der Waals surface area (Å²) in [6.45, 7) is 2.73. The fourth-order valence-electron chi connectivity index (χ4n) is 3.79. The second kappa shape index (κ2) is 8.29. The number of hydrogen-bond donors (Lipinski definition) is 2. The van der Waals surface area contributed by atoms with E-state index in [4.69, 9.17) is 0 Å². The SMILES string of the molecule is O=C(Nc1ccc(N2CCCC2)nc1)NC1CCCN(c2ccccc2)C1=O. The molecule has 0 aliphatic carbocycles. The molecule has 28 heavy (non-hydrogen) atoms. The van der Waals surface area contributed by atoms with E-state index in [-0.39, 0.29) is 11.9 Å². The summed E-state index contributed by atoms with van der Waals surface area (Å²) in [7, 11) is 0. The highest BCUT2D eigenvalue weighted by Crippen LogP contribution is 2.21. The van der Waals surface area contributed by atoms with E-state index >= 15 is 0 Å². The standard InChI is InChI=1S/C21H25N5O2/c27-20-18(9-6-14-26(20)17-7-2-1-3-8-17)24-21(28)23-16-10-11-19(22-15-16)25-12-4-5-13-25/h1-3,7-8,10-11,15,18H,4-6,9,12-14H2,(H2,23,24,28). The Bertz CT molecular complexity index is 818. The zero-order valence-corrected chi connectivity index (χ0v) is 15.8. The van der Waals surface area contributed by atoms with Gasteiger partial charge in [-0.1, -0.05) is 18.2 Å².